The van der Waals surface area contributed by atoms with Crippen LogP contribution >= 0.6 is 0 Å². The Morgan fingerprint density at radius 3 is 2.72 bits per heavy atom. The third-order valence-corrected chi connectivity index (χ3v) is 5.13. The summed E-state index contributed by atoms with van der Waals surface area (Å²) in [4.78, 5) is 1.71. The zero-order valence-electron chi connectivity index (χ0n) is 10.3. The fourth-order valence-corrected chi connectivity index (χ4v) is 4.02. The van der Waals surface area contributed by atoms with Crippen LogP contribution in [0.15, 0.2) is 18.2 Å². The maximum atomic E-state index is 13.9. The molecule has 0 aromatic heterocycles. The second-order valence-electron chi connectivity index (χ2n) is 4.66. The molecular weight excluding hydrogens is 255 g/mol. The van der Waals surface area contributed by atoms with Gasteiger partial charge in [0.05, 0.1) is 17.2 Å². The molecule has 1 aliphatic rings. The van der Waals surface area contributed by atoms with Gasteiger partial charge in [0.2, 0.25) is 0 Å². The van der Waals surface area contributed by atoms with Gasteiger partial charge in [0.25, 0.3) is 0 Å². The zero-order valence-corrected chi connectivity index (χ0v) is 11.1. The first-order valence-corrected chi connectivity index (χ1v) is 7.67. The van der Waals surface area contributed by atoms with E-state index in [-0.39, 0.29) is 23.4 Å². The minimum Gasteiger partial charge on any atom is -0.368 e. The molecule has 1 atom stereocenters. The molecule has 6 heteroatoms. The van der Waals surface area contributed by atoms with Gasteiger partial charge in [0.15, 0.2) is 9.84 Å². The zero-order chi connectivity index (χ0) is 13.3. The van der Waals surface area contributed by atoms with Crippen molar-refractivity contribution in [1.29, 1.82) is 0 Å². The summed E-state index contributed by atoms with van der Waals surface area (Å²) in [7, 11) is -1.23. The van der Waals surface area contributed by atoms with Crippen LogP contribution < -0.4 is 10.6 Å². The highest BCUT2D eigenvalue weighted by Gasteiger charge is 2.31. The van der Waals surface area contributed by atoms with Crippen LogP contribution in [-0.4, -0.2) is 33.0 Å². The summed E-state index contributed by atoms with van der Waals surface area (Å²) in [5.74, 6) is -0.0729. The van der Waals surface area contributed by atoms with E-state index in [0.717, 1.165) is 5.56 Å². The topological polar surface area (TPSA) is 63.4 Å². The van der Waals surface area contributed by atoms with Crippen LogP contribution in [0.4, 0.5) is 10.1 Å². The highest BCUT2D eigenvalue weighted by molar-refractivity contribution is 7.91. The number of benzene rings is 1. The Labute approximate surface area is 107 Å². The second kappa shape index (κ2) is 4.85. The number of sulfone groups is 1. The predicted molar refractivity (Wildman–Crippen MR) is 69.8 cm³/mol. The van der Waals surface area contributed by atoms with Gasteiger partial charge in [-0.2, -0.15) is 0 Å². The Morgan fingerprint density at radius 1 is 1.50 bits per heavy atom. The van der Waals surface area contributed by atoms with Crippen molar-refractivity contribution >= 4 is 15.5 Å². The van der Waals surface area contributed by atoms with Crippen LogP contribution in [0.25, 0.3) is 0 Å². The maximum Gasteiger partial charge on any atom is 0.152 e. The average Bonchev–Trinajstić information content (AvgIpc) is 2.68. The Morgan fingerprint density at radius 2 is 2.22 bits per heavy atom. The van der Waals surface area contributed by atoms with Crippen molar-refractivity contribution < 1.29 is 12.8 Å². The summed E-state index contributed by atoms with van der Waals surface area (Å²) in [6, 6.07) is 4.67. The van der Waals surface area contributed by atoms with Gasteiger partial charge in [0, 0.05) is 19.6 Å². The van der Waals surface area contributed by atoms with Crippen molar-refractivity contribution in [3.63, 3.8) is 0 Å². The lowest BCUT2D eigenvalue weighted by Gasteiger charge is -2.26. The normalized spacial score (nSPS) is 22.1. The molecule has 2 rings (SSSR count). The number of anilines is 1. The first-order chi connectivity index (χ1) is 8.43. The van der Waals surface area contributed by atoms with Crippen LogP contribution in [0.1, 0.15) is 12.0 Å². The van der Waals surface area contributed by atoms with E-state index < -0.39 is 9.84 Å². The molecule has 0 spiro atoms. The molecule has 1 fully saturated rings. The number of nitrogens with two attached hydrogens (primary N) is 1. The molecule has 1 aliphatic heterocycles. The van der Waals surface area contributed by atoms with Crippen molar-refractivity contribution in [2.24, 2.45) is 5.73 Å². The van der Waals surface area contributed by atoms with Crippen molar-refractivity contribution in [3.8, 4) is 0 Å². The fourth-order valence-electron chi connectivity index (χ4n) is 2.24. The van der Waals surface area contributed by atoms with Crippen molar-refractivity contribution in [2.75, 3.05) is 23.5 Å². The first kappa shape index (κ1) is 13.3. The van der Waals surface area contributed by atoms with Gasteiger partial charge in [-0.05, 0) is 24.1 Å². The summed E-state index contributed by atoms with van der Waals surface area (Å²) < 4.78 is 36.7. The van der Waals surface area contributed by atoms with E-state index >= 15 is 0 Å². The highest BCUT2D eigenvalue weighted by Crippen LogP contribution is 2.25. The van der Waals surface area contributed by atoms with Gasteiger partial charge in [-0.3, -0.25) is 0 Å². The molecule has 4 nitrogen and oxygen atoms in total. The van der Waals surface area contributed by atoms with E-state index in [2.05, 4.69) is 0 Å². The summed E-state index contributed by atoms with van der Waals surface area (Å²) >= 11 is 0. The molecule has 0 aliphatic carbocycles. The van der Waals surface area contributed by atoms with E-state index in [9.17, 15) is 12.8 Å². The van der Waals surface area contributed by atoms with Gasteiger partial charge in [-0.25, -0.2) is 12.8 Å². The molecule has 0 amide bonds. The van der Waals surface area contributed by atoms with Gasteiger partial charge in [-0.15, -0.1) is 0 Å². The van der Waals surface area contributed by atoms with Gasteiger partial charge < -0.3 is 10.6 Å². The largest absolute Gasteiger partial charge is 0.368 e. The van der Waals surface area contributed by atoms with Crippen LogP contribution in [0.5, 0.6) is 0 Å². The minimum absolute atomic E-state index is 0.0988. The molecule has 2 N–H and O–H groups in total. The summed E-state index contributed by atoms with van der Waals surface area (Å²) in [5.41, 5.74) is 6.59. The van der Waals surface area contributed by atoms with E-state index in [1.807, 2.05) is 0 Å². The highest BCUT2D eigenvalue weighted by atomic mass is 32.2. The van der Waals surface area contributed by atoms with Crippen molar-refractivity contribution in [3.05, 3.63) is 29.6 Å². The molecule has 0 saturated carbocycles. The molecule has 1 aromatic carbocycles. The Bertz CT molecular complexity index is 545. The number of rotatable bonds is 3. The molecule has 1 heterocycles. The third-order valence-electron chi connectivity index (χ3n) is 3.38. The van der Waals surface area contributed by atoms with Gasteiger partial charge in [-0.1, -0.05) is 6.07 Å². The van der Waals surface area contributed by atoms with Crippen LogP contribution in [0.2, 0.25) is 0 Å². The minimum atomic E-state index is -2.96. The van der Waals surface area contributed by atoms with E-state index in [4.69, 9.17) is 5.73 Å². The summed E-state index contributed by atoms with van der Waals surface area (Å²) in [6.07, 6.45) is 0.552. The predicted octanol–water partition coefficient (Wildman–Crippen LogP) is 0.908. The number of hydrogen-bond acceptors (Lipinski definition) is 4. The monoisotopic (exact) mass is 272 g/mol. The van der Waals surface area contributed by atoms with E-state index in [0.29, 0.717) is 18.7 Å². The SMILES string of the molecule is CN(c1ccc(CN)cc1F)C1CCS(=O)(=O)C1. The average molecular weight is 272 g/mol. The lowest BCUT2D eigenvalue weighted by Crippen LogP contribution is -2.33. The lowest BCUT2D eigenvalue weighted by molar-refractivity contribution is 0.596. The summed E-state index contributed by atoms with van der Waals surface area (Å²) in [6.45, 7) is 0.290. The molecule has 18 heavy (non-hydrogen) atoms. The first-order valence-electron chi connectivity index (χ1n) is 5.85. The molecule has 1 saturated heterocycles. The Hall–Kier alpha value is -1.14. The number of nitrogens with zero attached hydrogens (tertiary/aromatic N) is 1. The Kier molecular flexibility index (Phi) is 3.59. The van der Waals surface area contributed by atoms with Crippen LogP contribution in [0, 0.1) is 5.82 Å². The summed E-state index contributed by atoms with van der Waals surface area (Å²) in [5, 5.41) is 0. The Balaban J connectivity index is 2.21. The second-order valence-corrected chi connectivity index (χ2v) is 6.89. The number of halogens is 1. The van der Waals surface area contributed by atoms with Crippen molar-refractivity contribution in [2.45, 2.75) is 19.0 Å². The van der Waals surface area contributed by atoms with E-state index in [1.54, 1.807) is 24.1 Å². The van der Waals surface area contributed by atoms with E-state index in [1.165, 1.54) is 6.07 Å². The van der Waals surface area contributed by atoms with Crippen LogP contribution in [0.3, 0.4) is 0 Å². The smallest absolute Gasteiger partial charge is 0.152 e. The molecular formula is C12H17FN2O2S. The van der Waals surface area contributed by atoms with Gasteiger partial charge in [0.1, 0.15) is 5.82 Å². The standard InChI is InChI=1S/C12H17FN2O2S/c1-15(10-4-5-18(16,17)8-10)12-3-2-9(7-14)6-11(12)13/h2-3,6,10H,4-5,7-8,14H2,1H3. The van der Waals surface area contributed by atoms with Crippen LogP contribution in [-0.2, 0) is 16.4 Å². The molecule has 100 valence electrons. The van der Waals surface area contributed by atoms with Gasteiger partial charge >= 0.3 is 0 Å². The molecule has 0 bridgehead atoms. The third kappa shape index (κ3) is 2.64. The molecule has 1 aromatic rings. The lowest BCUT2D eigenvalue weighted by atomic mass is 10.1. The quantitative estimate of drug-likeness (QED) is 0.888. The van der Waals surface area contributed by atoms with Crippen molar-refractivity contribution in [1.82, 2.24) is 0 Å². The number of hydrogen-bond donors (Lipinski definition) is 1. The molecule has 1 unspecified atom stereocenters. The fraction of sp³-hybridized carbons (Fsp3) is 0.500. The maximum absolute atomic E-state index is 13.9. The molecule has 0 radical (unpaired) electrons.